The first-order valence-electron chi connectivity index (χ1n) is 2.93. The van der Waals surface area contributed by atoms with Crippen LogP contribution in [-0.2, 0) is 16.1 Å². The lowest BCUT2D eigenvalue weighted by atomic mass is 10.4. The van der Waals surface area contributed by atoms with Gasteiger partial charge in [0.05, 0.1) is 0 Å². The number of rotatable bonds is 2. The molecule has 1 aromatic heterocycles. The van der Waals surface area contributed by atoms with Crippen LogP contribution in [-0.4, -0.2) is 5.97 Å². The van der Waals surface area contributed by atoms with E-state index in [2.05, 4.69) is 0 Å². The van der Waals surface area contributed by atoms with E-state index in [4.69, 9.17) is 4.74 Å². The Morgan fingerprint density at radius 3 is 2.91 bits per heavy atom. The van der Waals surface area contributed by atoms with Gasteiger partial charge in [-0.25, -0.2) is 0 Å². The van der Waals surface area contributed by atoms with Gasteiger partial charge in [-0.1, -0.05) is 0 Å². The molecule has 11 heavy (non-hydrogen) atoms. The molecule has 0 aliphatic heterocycles. The first-order chi connectivity index (χ1) is 4.79. The zero-order valence-electron chi connectivity index (χ0n) is 6.07. The topological polar surface area (TPSA) is 26.3 Å². The average Bonchev–Trinajstić information content (AvgIpc) is 2.34. The SMILES string of the molecule is CC(=O)OCc1ccsc1.Cl. The monoisotopic (exact) mass is 192 g/mol. The molecule has 0 spiro atoms. The molecule has 0 N–H and O–H groups in total. The number of thiophene rings is 1. The largest absolute Gasteiger partial charge is 0.461 e. The molecular formula is C7H9ClO2S. The molecule has 0 bridgehead atoms. The summed E-state index contributed by atoms with van der Waals surface area (Å²) in [6.07, 6.45) is 0. The van der Waals surface area contributed by atoms with Crippen LogP contribution in [0.5, 0.6) is 0 Å². The maximum atomic E-state index is 10.3. The lowest BCUT2D eigenvalue weighted by molar-refractivity contribution is -0.142. The molecule has 0 unspecified atom stereocenters. The van der Waals surface area contributed by atoms with E-state index in [1.54, 1.807) is 11.3 Å². The Morgan fingerprint density at radius 2 is 2.45 bits per heavy atom. The van der Waals surface area contributed by atoms with Crippen LogP contribution in [0.3, 0.4) is 0 Å². The third-order valence-corrected chi connectivity index (χ3v) is 1.75. The van der Waals surface area contributed by atoms with E-state index in [0.717, 1.165) is 5.56 Å². The second kappa shape index (κ2) is 5.16. The van der Waals surface area contributed by atoms with E-state index < -0.39 is 0 Å². The van der Waals surface area contributed by atoms with Crippen LogP contribution in [0.2, 0.25) is 0 Å². The fraction of sp³-hybridized carbons (Fsp3) is 0.286. The molecule has 1 heterocycles. The van der Waals surface area contributed by atoms with Gasteiger partial charge in [-0.05, 0) is 16.8 Å². The van der Waals surface area contributed by atoms with Gasteiger partial charge >= 0.3 is 5.97 Å². The first-order valence-corrected chi connectivity index (χ1v) is 3.88. The quantitative estimate of drug-likeness (QED) is 0.672. The number of carbonyl (C=O) groups excluding carboxylic acids is 1. The normalized spacial score (nSPS) is 8.45. The number of hydrogen-bond donors (Lipinski definition) is 0. The number of halogens is 1. The zero-order chi connectivity index (χ0) is 7.40. The van der Waals surface area contributed by atoms with Crippen LogP contribution < -0.4 is 0 Å². The van der Waals surface area contributed by atoms with Crippen LogP contribution in [0.25, 0.3) is 0 Å². The molecule has 2 nitrogen and oxygen atoms in total. The van der Waals surface area contributed by atoms with Gasteiger partial charge in [0.2, 0.25) is 0 Å². The Bertz CT molecular complexity index is 208. The molecule has 4 heteroatoms. The summed E-state index contributed by atoms with van der Waals surface area (Å²) in [6, 6.07) is 1.94. The summed E-state index contributed by atoms with van der Waals surface area (Å²) in [5, 5.41) is 3.92. The van der Waals surface area contributed by atoms with Crippen molar-refractivity contribution in [3.05, 3.63) is 22.4 Å². The van der Waals surface area contributed by atoms with Gasteiger partial charge < -0.3 is 4.74 Å². The molecule has 62 valence electrons. The van der Waals surface area contributed by atoms with E-state index in [0.29, 0.717) is 6.61 Å². The Morgan fingerprint density at radius 1 is 1.73 bits per heavy atom. The van der Waals surface area contributed by atoms with Crippen molar-refractivity contribution in [3.63, 3.8) is 0 Å². The minimum Gasteiger partial charge on any atom is -0.461 e. The third-order valence-electron chi connectivity index (χ3n) is 1.02. The minimum atomic E-state index is -0.230. The van der Waals surface area contributed by atoms with Crippen LogP contribution >= 0.6 is 23.7 Å². The molecule has 0 saturated carbocycles. The Hall–Kier alpha value is -0.540. The highest BCUT2D eigenvalue weighted by Gasteiger charge is 1.94. The van der Waals surface area contributed by atoms with E-state index in [1.165, 1.54) is 6.92 Å². The molecule has 0 aliphatic carbocycles. The van der Waals surface area contributed by atoms with Gasteiger partial charge in [-0.15, -0.1) is 12.4 Å². The molecule has 0 fully saturated rings. The Balaban J connectivity index is 0.000001000. The zero-order valence-corrected chi connectivity index (χ0v) is 7.71. The molecule has 0 radical (unpaired) electrons. The molecule has 1 rings (SSSR count). The summed E-state index contributed by atoms with van der Waals surface area (Å²) in [5.41, 5.74) is 1.06. The summed E-state index contributed by atoms with van der Waals surface area (Å²) in [4.78, 5) is 10.3. The minimum absolute atomic E-state index is 0. The van der Waals surface area contributed by atoms with Gasteiger partial charge in [0, 0.05) is 12.5 Å². The summed E-state index contributed by atoms with van der Waals surface area (Å²) in [6.45, 7) is 1.81. The number of hydrogen-bond acceptors (Lipinski definition) is 3. The predicted molar refractivity (Wildman–Crippen MR) is 47.0 cm³/mol. The van der Waals surface area contributed by atoms with Gasteiger partial charge in [-0.3, -0.25) is 4.79 Å². The molecule has 0 aliphatic rings. The van der Waals surface area contributed by atoms with Crippen molar-refractivity contribution in [1.29, 1.82) is 0 Å². The first kappa shape index (κ1) is 10.5. The molecular weight excluding hydrogens is 184 g/mol. The lowest BCUT2D eigenvalue weighted by Crippen LogP contribution is -1.97. The molecule has 1 aromatic rings. The average molecular weight is 193 g/mol. The molecule has 0 atom stereocenters. The summed E-state index contributed by atoms with van der Waals surface area (Å²) in [5.74, 6) is -0.230. The highest BCUT2D eigenvalue weighted by Crippen LogP contribution is 2.06. The van der Waals surface area contributed by atoms with Crippen LogP contribution in [0.1, 0.15) is 12.5 Å². The van der Waals surface area contributed by atoms with Gasteiger partial charge in [0.25, 0.3) is 0 Å². The van der Waals surface area contributed by atoms with Gasteiger partial charge in [-0.2, -0.15) is 11.3 Å². The van der Waals surface area contributed by atoms with Crippen molar-refractivity contribution in [2.24, 2.45) is 0 Å². The molecule has 0 saturated heterocycles. The Kier molecular flexibility index (Phi) is 4.90. The van der Waals surface area contributed by atoms with E-state index in [9.17, 15) is 4.79 Å². The second-order valence-electron chi connectivity index (χ2n) is 1.91. The maximum Gasteiger partial charge on any atom is 0.302 e. The van der Waals surface area contributed by atoms with Crippen molar-refractivity contribution in [3.8, 4) is 0 Å². The fourth-order valence-corrected chi connectivity index (χ4v) is 1.21. The van der Waals surface area contributed by atoms with E-state index in [1.807, 2.05) is 16.8 Å². The number of carbonyl (C=O) groups is 1. The van der Waals surface area contributed by atoms with Crippen LogP contribution in [0.15, 0.2) is 16.8 Å². The van der Waals surface area contributed by atoms with Gasteiger partial charge in [0.15, 0.2) is 0 Å². The van der Waals surface area contributed by atoms with Crippen LogP contribution in [0.4, 0.5) is 0 Å². The summed E-state index contributed by atoms with van der Waals surface area (Å²) >= 11 is 1.60. The van der Waals surface area contributed by atoms with Crippen molar-refractivity contribution in [1.82, 2.24) is 0 Å². The number of esters is 1. The standard InChI is InChI=1S/C7H8O2S.ClH/c1-6(8)9-4-7-2-3-10-5-7;/h2-3,5H,4H2,1H3;1H. The highest BCUT2D eigenvalue weighted by molar-refractivity contribution is 7.07. The van der Waals surface area contributed by atoms with Crippen molar-refractivity contribution in [2.45, 2.75) is 13.5 Å². The molecule has 0 amide bonds. The van der Waals surface area contributed by atoms with E-state index in [-0.39, 0.29) is 18.4 Å². The smallest absolute Gasteiger partial charge is 0.302 e. The van der Waals surface area contributed by atoms with E-state index >= 15 is 0 Å². The summed E-state index contributed by atoms with van der Waals surface area (Å²) in [7, 11) is 0. The van der Waals surface area contributed by atoms with Crippen LogP contribution in [0, 0.1) is 0 Å². The summed E-state index contributed by atoms with van der Waals surface area (Å²) < 4.78 is 4.75. The number of ether oxygens (including phenoxy) is 1. The van der Waals surface area contributed by atoms with Crippen molar-refractivity contribution < 1.29 is 9.53 Å². The lowest BCUT2D eigenvalue weighted by Gasteiger charge is -1.96. The fourth-order valence-electron chi connectivity index (χ4n) is 0.560. The predicted octanol–water partition coefficient (Wildman–Crippen LogP) is 2.23. The van der Waals surface area contributed by atoms with Gasteiger partial charge in [0.1, 0.15) is 6.61 Å². The van der Waals surface area contributed by atoms with Crippen molar-refractivity contribution >= 4 is 29.7 Å². The van der Waals surface area contributed by atoms with Crippen molar-refractivity contribution in [2.75, 3.05) is 0 Å². The maximum absolute atomic E-state index is 10.3. The third kappa shape index (κ3) is 4.01. The Labute approximate surface area is 75.6 Å². The second-order valence-corrected chi connectivity index (χ2v) is 2.69. The molecule has 0 aromatic carbocycles. The highest BCUT2D eigenvalue weighted by atomic mass is 35.5.